The Morgan fingerprint density at radius 3 is 2.94 bits per heavy atom. The van der Waals surface area contributed by atoms with Gasteiger partial charge in [0.05, 0.1) is 23.1 Å². The molecule has 92 valence electrons. The van der Waals surface area contributed by atoms with Crippen molar-refractivity contribution in [1.29, 1.82) is 0 Å². The van der Waals surface area contributed by atoms with Gasteiger partial charge in [0.15, 0.2) is 0 Å². The largest absolute Gasteiger partial charge is 0.478 e. The van der Waals surface area contributed by atoms with Crippen molar-refractivity contribution in [1.82, 2.24) is 9.97 Å². The number of hydrogen-bond donors (Lipinski definition) is 2. The van der Waals surface area contributed by atoms with Crippen LogP contribution < -0.4 is 5.73 Å². The second-order valence-corrected chi connectivity index (χ2v) is 4.52. The molecule has 0 radical (unpaired) electrons. The van der Waals surface area contributed by atoms with Crippen molar-refractivity contribution in [2.24, 2.45) is 0 Å². The summed E-state index contributed by atoms with van der Waals surface area (Å²) in [5.41, 5.74) is 7.10. The molecular formula is C12H11N3O2S. The molecule has 0 saturated carbocycles. The van der Waals surface area contributed by atoms with E-state index in [1.54, 1.807) is 36.8 Å². The lowest BCUT2D eigenvalue weighted by molar-refractivity contribution is 0.0695. The third kappa shape index (κ3) is 2.78. The second-order valence-electron chi connectivity index (χ2n) is 3.50. The minimum absolute atomic E-state index is 0.220. The fraction of sp³-hybridized carbons (Fsp3) is 0.0833. The Bertz CT molecular complexity index is 575. The topological polar surface area (TPSA) is 89.1 Å². The predicted molar refractivity (Wildman–Crippen MR) is 69.4 cm³/mol. The van der Waals surface area contributed by atoms with Crippen LogP contribution >= 0.6 is 11.8 Å². The highest BCUT2D eigenvalue weighted by Crippen LogP contribution is 2.27. The fourth-order valence-corrected chi connectivity index (χ4v) is 2.32. The van der Waals surface area contributed by atoms with Gasteiger partial charge in [-0.15, -0.1) is 11.8 Å². The van der Waals surface area contributed by atoms with Crippen LogP contribution in [0.1, 0.15) is 16.1 Å². The van der Waals surface area contributed by atoms with Crippen LogP contribution in [0, 0.1) is 0 Å². The van der Waals surface area contributed by atoms with Crippen molar-refractivity contribution >= 4 is 23.4 Å². The molecule has 0 unspecified atom stereocenters. The second kappa shape index (κ2) is 5.50. The number of rotatable bonds is 4. The molecule has 0 fully saturated rings. The molecule has 0 aliphatic carbocycles. The first-order valence-electron chi connectivity index (χ1n) is 5.18. The van der Waals surface area contributed by atoms with E-state index >= 15 is 0 Å². The van der Waals surface area contributed by atoms with Crippen LogP contribution in [0.5, 0.6) is 0 Å². The van der Waals surface area contributed by atoms with Gasteiger partial charge in [-0.3, -0.25) is 9.97 Å². The molecule has 0 aromatic carbocycles. The SMILES string of the molecule is Nc1cnccc1SCc1ncccc1C(=O)O. The molecule has 5 nitrogen and oxygen atoms in total. The first-order chi connectivity index (χ1) is 8.68. The number of aromatic nitrogens is 2. The van der Waals surface area contributed by atoms with Crippen LogP contribution in [0.4, 0.5) is 5.69 Å². The number of aromatic carboxylic acids is 1. The number of hydrogen-bond acceptors (Lipinski definition) is 5. The zero-order valence-electron chi connectivity index (χ0n) is 9.41. The zero-order chi connectivity index (χ0) is 13.0. The third-order valence-corrected chi connectivity index (χ3v) is 3.40. The third-order valence-electron chi connectivity index (χ3n) is 2.30. The molecule has 2 aromatic heterocycles. The van der Waals surface area contributed by atoms with E-state index in [0.29, 0.717) is 17.1 Å². The van der Waals surface area contributed by atoms with Crippen molar-refractivity contribution in [3.05, 3.63) is 48.0 Å². The Morgan fingerprint density at radius 2 is 2.22 bits per heavy atom. The Kier molecular flexibility index (Phi) is 3.78. The van der Waals surface area contributed by atoms with Crippen LogP contribution in [-0.4, -0.2) is 21.0 Å². The van der Waals surface area contributed by atoms with Crippen LogP contribution in [-0.2, 0) is 5.75 Å². The highest BCUT2D eigenvalue weighted by atomic mass is 32.2. The lowest BCUT2D eigenvalue weighted by Crippen LogP contribution is -2.03. The molecule has 0 saturated heterocycles. The molecule has 0 aliphatic heterocycles. The van der Waals surface area contributed by atoms with E-state index in [2.05, 4.69) is 9.97 Å². The van der Waals surface area contributed by atoms with Crippen LogP contribution in [0.25, 0.3) is 0 Å². The van der Waals surface area contributed by atoms with Gasteiger partial charge < -0.3 is 10.8 Å². The van der Waals surface area contributed by atoms with Crippen molar-refractivity contribution in [2.45, 2.75) is 10.6 Å². The molecule has 6 heteroatoms. The van der Waals surface area contributed by atoms with Gasteiger partial charge in [0.1, 0.15) is 0 Å². The molecule has 0 aliphatic rings. The standard InChI is InChI=1S/C12H11N3O2S/c13-9-6-14-5-3-11(9)18-7-10-8(12(16)17)2-1-4-15-10/h1-6H,7,13H2,(H,16,17). The van der Waals surface area contributed by atoms with Crippen molar-refractivity contribution < 1.29 is 9.90 Å². The first kappa shape index (κ1) is 12.4. The maximum absolute atomic E-state index is 11.0. The number of pyridine rings is 2. The Hall–Kier alpha value is -2.08. The Labute approximate surface area is 108 Å². The summed E-state index contributed by atoms with van der Waals surface area (Å²) in [6.07, 6.45) is 4.80. The van der Waals surface area contributed by atoms with Gasteiger partial charge in [0.25, 0.3) is 0 Å². The fourth-order valence-electron chi connectivity index (χ4n) is 1.42. The summed E-state index contributed by atoms with van der Waals surface area (Å²) in [7, 11) is 0. The number of nitrogen functional groups attached to an aromatic ring is 1. The highest BCUT2D eigenvalue weighted by molar-refractivity contribution is 7.98. The summed E-state index contributed by atoms with van der Waals surface area (Å²) >= 11 is 1.44. The van der Waals surface area contributed by atoms with Crippen molar-refractivity contribution in [3.63, 3.8) is 0 Å². The Balaban J connectivity index is 2.16. The molecule has 2 heterocycles. The number of thioether (sulfide) groups is 1. The molecule has 0 amide bonds. The zero-order valence-corrected chi connectivity index (χ0v) is 10.2. The van der Waals surface area contributed by atoms with E-state index in [1.165, 1.54) is 11.8 Å². The molecule has 3 N–H and O–H groups in total. The predicted octanol–water partition coefficient (Wildman–Crippen LogP) is 2.05. The summed E-state index contributed by atoms with van der Waals surface area (Å²) in [5.74, 6) is -0.516. The lowest BCUT2D eigenvalue weighted by Gasteiger charge is -2.06. The van der Waals surface area contributed by atoms with Gasteiger partial charge in [-0.05, 0) is 18.2 Å². The molecule has 2 rings (SSSR count). The molecule has 18 heavy (non-hydrogen) atoms. The summed E-state index contributed by atoms with van der Waals surface area (Å²) in [5, 5.41) is 9.03. The van der Waals surface area contributed by atoms with Gasteiger partial charge in [-0.1, -0.05) is 0 Å². The lowest BCUT2D eigenvalue weighted by atomic mass is 10.2. The molecule has 0 spiro atoms. The van der Waals surface area contributed by atoms with Gasteiger partial charge in [0, 0.05) is 23.0 Å². The van der Waals surface area contributed by atoms with E-state index in [0.717, 1.165) is 4.90 Å². The van der Waals surface area contributed by atoms with Crippen LogP contribution in [0.15, 0.2) is 41.7 Å². The first-order valence-corrected chi connectivity index (χ1v) is 6.16. The van der Waals surface area contributed by atoms with Crippen LogP contribution in [0.3, 0.4) is 0 Å². The molecule has 2 aromatic rings. The maximum Gasteiger partial charge on any atom is 0.337 e. The van der Waals surface area contributed by atoms with Crippen molar-refractivity contribution in [2.75, 3.05) is 5.73 Å². The number of nitrogens with two attached hydrogens (primary N) is 1. The summed E-state index contributed by atoms with van der Waals surface area (Å²) in [6, 6.07) is 4.95. The number of nitrogens with zero attached hydrogens (tertiary/aromatic N) is 2. The van der Waals surface area contributed by atoms with Gasteiger partial charge in [0.2, 0.25) is 0 Å². The molecular weight excluding hydrogens is 250 g/mol. The number of carboxylic acid groups (broad SMARTS) is 1. The van der Waals surface area contributed by atoms with Gasteiger partial charge in [-0.25, -0.2) is 4.79 Å². The minimum atomic E-state index is -0.971. The van der Waals surface area contributed by atoms with E-state index in [-0.39, 0.29) is 5.56 Å². The quantitative estimate of drug-likeness (QED) is 0.819. The summed E-state index contributed by atoms with van der Waals surface area (Å²) in [4.78, 5) is 19.9. The smallest absolute Gasteiger partial charge is 0.337 e. The van der Waals surface area contributed by atoms with E-state index in [9.17, 15) is 4.79 Å². The number of anilines is 1. The minimum Gasteiger partial charge on any atom is -0.478 e. The van der Waals surface area contributed by atoms with Gasteiger partial charge >= 0.3 is 5.97 Å². The maximum atomic E-state index is 11.0. The van der Waals surface area contributed by atoms with Crippen molar-refractivity contribution in [3.8, 4) is 0 Å². The monoisotopic (exact) mass is 261 g/mol. The molecule has 0 bridgehead atoms. The highest BCUT2D eigenvalue weighted by Gasteiger charge is 2.11. The number of carbonyl (C=O) groups is 1. The average molecular weight is 261 g/mol. The van der Waals surface area contributed by atoms with Gasteiger partial charge in [-0.2, -0.15) is 0 Å². The summed E-state index contributed by atoms with van der Waals surface area (Å²) in [6.45, 7) is 0. The van der Waals surface area contributed by atoms with E-state index in [1.807, 2.05) is 0 Å². The Morgan fingerprint density at radius 1 is 1.39 bits per heavy atom. The average Bonchev–Trinajstić information content (AvgIpc) is 2.38. The summed E-state index contributed by atoms with van der Waals surface area (Å²) < 4.78 is 0. The van der Waals surface area contributed by atoms with E-state index < -0.39 is 5.97 Å². The normalized spacial score (nSPS) is 10.2. The molecule has 0 atom stereocenters. The number of carboxylic acids is 1. The van der Waals surface area contributed by atoms with E-state index in [4.69, 9.17) is 10.8 Å². The van der Waals surface area contributed by atoms with Crippen LogP contribution in [0.2, 0.25) is 0 Å².